The maximum Gasteiger partial charge on any atom is 0.410 e. The fourth-order valence-corrected chi connectivity index (χ4v) is 6.32. The minimum Gasteiger partial charge on any atom is -0.444 e. The number of rotatable bonds is 10. The van der Waals surface area contributed by atoms with Crippen molar-refractivity contribution in [1.29, 1.82) is 0 Å². The van der Waals surface area contributed by atoms with E-state index in [1.54, 1.807) is 55.9 Å². The van der Waals surface area contributed by atoms with Gasteiger partial charge in [0.25, 0.3) is 5.91 Å². The highest BCUT2D eigenvalue weighted by Crippen LogP contribution is 2.51. The fraction of sp³-hybridized carbons (Fsp3) is 0.606. The van der Waals surface area contributed by atoms with Gasteiger partial charge in [-0.3, -0.25) is 19.1 Å². The summed E-state index contributed by atoms with van der Waals surface area (Å²) >= 11 is 0. The number of halogens is 3. The summed E-state index contributed by atoms with van der Waals surface area (Å²) in [6.45, 7) is 7.22. The lowest BCUT2D eigenvalue weighted by molar-refractivity contribution is -0.139. The number of ether oxygens (including phenoxy) is 1. The van der Waals surface area contributed by atoms with Crippen LogP contribution in [0.4, 0.5) is 23.7 Å². The third-order valence-corrected chi connectivity index (χ3v) is 8.66. The molecule has 2 aromatic rings. The molecule has 0 spiro atoms. The van der Waals surface area contributed by atoms with Crippen LogP contribution in [0.25, 0.3) is 0 Å². The summed E-state index contributed by atoms with van der Waals surface area (Å²) in [7, 11) is 0. The molecule has 2 atom stereocenters. The molecule has 47 heavy (non-hydrogen) atoms. The van der Waals surface area contributed by atoms with E-state index in [1.807, 2.05) is 19.2 Å². The van der Waals surface area contributed by atoms with Crippen LogP contribution in [0.2, 0.25) is 0 Å². The minimum absolute atomic E-state index is 0.0170. The molecule has 0 saturated heterocycles. The van der Waals surface area contributed by atoms with Crippen molar-refractivity contribution < 1.29 is 37.1 Å². The number of nitrogens with one attached hydrogen (secondary N) is 3. The van der Waals surface area contributed by atoms with E-state index in [9.17, 15) is 32.3 Å². The normalized spacial score (nSPS) is 18.9. The second-order valence-corrected chi connectivity index (χ2v) is 14.1. The van der Waals surface area contributed by atoms with Gasteiger partial charge in [-0.05, 0) is 107 Å². The van der Waals surface area contributed by atoms with Crippen LogP contribution in [0.3, 0.4) is 0 Å². The van der Waals surface area contributed by atoms with Crippen molar-refractivity contribution in [2.75, 3.05) is 18.4 Å². The van der Waals surface area contributed by atoms with Crippen LogP contribution in [0, 0.1) is 17.8 Å². The first-order chi connectivity index (χ1) is 22.0. The van der Waals surface area contributed by atoms with Gasteiger partial charge in [-0.15, -0.1) is 0 Å². The summed E-state index contributed by atoms with van der Waals surface area (Å²) in [5.74, 6) is -2.13. The molecule has 1 unspecified atom stereocenters. The van der Waals surface area contributed by atoms with Gasteiger partial charge in [0.15, 0.2) is 0 Å². The van der Waals surface area contributed by atoms with Crippen LogP contribution in [0.15, 0.2) is 30.5 Å². The number of benzene rings is 1. The summed E-state index contributed by atoms with van der Waals surface area (Å²) in [6, 6.07) is 5.53. The molecule has 1 aromatic heterocycles. The van der Waals surface area contributed by atoms with Gasteiger partial charge in [0, 0.05) is 31.0 Å². The Morgan fingerprint density at radius 3 is 2.26 bits per heavy atom. The van der Waals surface area contributed by atoms with Gasteiger partial charge in [-0.25, -0.2) is 4.79 Å². The molecule has 4 amide bonds. The van der Waals surface area contributed by atoms with Crippen molar-refractivity contribution >= 4 is 29.5 Å². The Labute approximate surface area is 272 Å². The van der Waals surface area contributed by atoms with Crippen LogP contribution < -0.4 is 16.0 Å². The van der Waals surface area contributed by atoms with E-state index in [0.717, 1.165) is 25.7 Å². The maximum absolute atomic E-state index is 14.0. The van der Waals surface area contributed by atoms with Crippen molar-refractivity contribution in [3.8, 4) is 0 Å². The van der Waals surface area contributed by atoms with E-state index in [0.29, 0.717) is 34.3 Å². The Morgan fingerprint density at radius 2 is 1.68 bits per heavy atom. The minimum atomic E-state index is -4.61. The van der Waals surface area contributed by atoms with Gasteiger partial charge in [-0.1, -0.05) is 6.07 Å². The standard InChI is InChI=1S/C33H43F3N6O5/c1-18(2)42-25(12-13-38-42)29(44)40-27(26(19-6-7-19)20-8-9-20)30(45)39-22-10-11-23-21(14-22)15-41(31(46)47-32(3,4)5)16-24(23)28(43)37-17-33(34,35)36/h10-14,18-20,24,26-27H,6-9,15-17H2,1-5H3,(H,37,43)(H,39,45)(H,40,44)/t24?,27-/m0/s1. The van der Waals surface area contributed by atoms with Crippen LogP contribution in [0.1, 0.15) is 93.9 Å². The number of nitrogens with zero attached hydrogens (tertiary/aromatic N) is 3. The van der Waals surface area contributed by atoms with Crippen molar-refractivity contribution in [3.63, 3.8) is 0 Å². The highest BCUT2D eigenvalue weighted by molar-refractivity contribution is 6.01. The number of carbonyl (C=O) groups excluding carboxylic acids is 4. The van der Waals surface area contributed by atoms with E-state index < -0.39 is 54.1 Å². The van der Waals surface area contributed by atoms with Crippen LogP contribution in [-0.2, 0) is 20.9 Å². The molecule has 2 fully saturated rings. The molecule has 3 aliphatic rings. The van der Waals surface area contributed by atoms with Crippen LogP contribution >= 0.6 is 0 Å². The molecule has 0 radical (unpaired) electrons. The first-order valence-corrected chi connectivity index (χ1v) is 16.1. The molecule has 2 heterocycles. The van der Waals surface area contributed by atoms with Crippen molar-refractivity contribution in [2.45, 2.75) is 96.6 Å². The molecule has 11 nitrogen and oxygen atoms in total. The predicted octanol–water partition coefficient (Wildman–Crippen LogP) is 5.15. The monoisotopic (exact) mass is 660 g/mol. The third-order valence-electron chi connectivity index (χ3n) is 8.66. The first-order valence-electron chi connectivity index (χ1n) is 16.1. The molecule has 256 valence electrons. The zero-order chi connectivity index (χ0) is 34.3. The molecular weight excluding hydrogens is 617 g/mol. The highest BCUT2D eigenvalue weighted by Gasteiger charge is 2.48. The Bertz CT molecular complexity index is 1500. The predicted molar refractivity (Wildman–Crippen MR) is 166 cm³/mol. The van der Waals surface area contributed by atoms with E-state index >= 15 is 0 Å². The molecule has 5 rings (SSSR count). The number of hydrogen-bond acceptors (Lipinski definition) is 6. The summed E-state index contributed by atoms with van der Waals surface area (Å²) in [6.07, 6.45) is 0.179. The molecule has 1 aliphatic heterocycles. The zero-order valence-corrected chi connectivity index (χ0v) is 27.3. The quantitative estimate of drug-likeness (QED) is 0.323. The van der Waals surface area contributed by atoms with Gasteiger partial charge >= 0.3 is 12.3 Å². The molecule has 0 bridgehead atoms. The number of fused-ring (bicyclic) bond motifs is 1. The van der Waals surface area contributed by atoms with Gasteiger partial charge in [0.05, 0.1) is 5.92 Å². The Hall–Kier alpha value is -4.10. The molecule has 1 aromatic carbocycles. The summed E-state index contributed by atoms with van der Waals surface area (Å²) in [5, 5.41) is 12.1. The number of aromatic nitrogens is 2. The summed E-state index contributed by atoms with van der Waals surface area (Å²) in [4.78, 5) is 54.7. The number of anilines is 1. The lowest BCUT2D eigenvalue weighted by atomic mass is 9.87. The highest BCUT2D eigenvalue weighted by atomic mass is 19.4. The van der Waals surface area contributed by atoms with E-state index in [-0.39, 0.29) is 25.0 Å². The summed E-state index contributed by atoms with van der Waals surface area (Å²) < 4.78 is 45.9. The van der Waals surface area contributed by atoms with Crippen LogP contribution in [-0.4, -0.2) is 69.4 Å². The van der Waals surface area contributed by atoms with Crippen molar-refractivity contribution in [1.82, 2.24) is 25.3 Å². The zero-order valence-electron chi connectivity index (χ0n) is 27.3. The van der Waals surface area contributed by atoms with Gasteiger partial charge in [-0.2, -0.15) is 18.3 Å². The molecule has 2 aliphatic carbocycles. The molecular formula is C33H43F3N6O5. The first kappa shape index (κ1) is 34.2. The fourth-order valence-electron chi connectivity index (χ4n) is 6.32. The Kier molecular flexibility index (Phi) is 9.61. The molecule has 2 saturated carbocycles. The average Bonchev–Trinajstić information content (AvgIpc) is 3.92. The number of hydrogen-bond donors (Lipinski definition) is 3. The van der Waals surface area contributed by atoms with Gasteiger partial charge in [0.2, 0.25) is 11.8 Å². The Morgan fingerprint density at radius 1 is 1.02 bits per heavy atom. The lowest BCUT2D eigenvalue weighted by Crippen LogP contribution is -2.50. The maximum atomic E-state index is 14.0. The van der Waals surface area contributed by atoms with Crippen molar-refractivity contribution in [2.24, 2.45) is 17.8 Å². The average molecular weight is 661 g/mol. The molecule has 3 N–H and O–H groups in total. The SMILES string of the molecule is CC(C)n1nccc1C(=O)N[C@H](C(=O)Nc1ccc2c(c1)CN(C(=O)OC(C)(C)C)CC2C(=O)NCC(F)(F)F)C(C1CC1)C1CC1. The smallest absolute Gasteiger partial charge is 0.410 e. The number of alkyl halides is 3. The van der Waals surface area contributed by atoms with E-state index in [2.05, 4.69) is 15.7 Å². The number of amides is 4. The van der Waals surface area contributed by atoms with Gasteiger partial charge < -0.3 is 25.6 Å². The Balaban J connectivity index is 1.40. The second-order valence-electron chi connectivity index (χ2n) is 14.1. The topological polar surface area (TPSA) is 135 Å². The number of carbonyl (C=O) groups is 4. The van der Waals surface area contributed by atoms with Crippen LogP contribution in [0.5, 0.6) is 0 Å². The van der Waals surface area contributed by atoms with E-state index in [1.165, 1.54) is 4.90 Å². The van der Waals surface area contributed by atoms with E-state index in [4.69, 9.17) is 4.74 Å². The largest absolute Gasteiger partial charge is 0.444 e. The summed E-state index contributed by atoms with van der Waals surface area (Å²) in [5.41, 5.74) is 0.810. The second kappa shape index (κ2) is 13.2. The lowest BCUT2D eigenvalue weighted by Gasteiger charge is -2.35. The third kappa shape index (κ3) is 8.63. The van der Waals surface area contributed by atoms with Gasteiger partial charge in [0.1, 0.15) is 23.9 Å². The van der Waals surface area contributed by atoms with Crippen molar-refractivity contribution in [3.05, 3.63) is 47.3 Å². The molecule has 14 heteroatoms.